The maximum Gasteiger partial charge on any atom is 0.238 e. The first-order valence-electron chi connectivity index (χ1n) is 11.3. The SMILES string of the molecule is COc1ccc(-c2oc(N=Cc3ccc(-c4ccc(Cl)cc4)o3)c(C#N)c2-c2ccc(OC)cc2)cc1. The van der Waals surface area contributed by atoms with Crippen molar-refractivity contribution in [3.63, 3.8) is 0 Å². The molecule has 0 saturated carbocycles. The highest BCUT2D eigenvalue weighted by molar-refractivity contribution is 6.30. The number of rotatable bonds is 7. The standard InChI is InChI=1S/C30H21ClN2O4/c1-34-23-11-5-20(6-12-23)28-26(17-32)30(37-29(28)21-7-13-24(35-2)14-8-21)33-18-25-15-16-27(36-25)19-3-9-22(31)10-4-19/h3-16,18H,1-2H3. The minimum absolute atomic E-state index is 0.184. The van der Waals surface area contributed by atoms with E-state index in [1.807, 2.05) is 66.7 Å². The van der Waals surface area contributed by atoms with Gasteiger partial charge < -0.3 is 18.3 Å². The largest absolute Gasteiger partial charge is 0.497 e. The third kappa shape index (κ3) is 4.99. The molecular weight excluding hydrogens is 488 g/mol. The highest BCUT2D eigenvalue weighted by atomic mass is 35.5. The number of ether oxygens (including phenoxy) is 2. The fraction of sp³-hybridized carbons (Fsp3) is 0.0667. The monoisotopic (exact) mass is 508 g/mol. The average Bonchev–Trinajstić information content (AvgIpc) is 3.57. The summed E-state index contributed by atoms with van der Waals surface area (Å²) in [6.45, 7) is 0. The van der Waals surface area contributed by atoms with Crippen molar-refractivity contribution in [1.82, 2.24) is 0 Å². The maximum atomic E-state index is 10.1. The van der Waals surface area contributed by atoms with Crippen LogP contribution in [0.2, 0.25) is 5.02 Å². The van der Waals surface area contributed by atoms with Gasteiger partial charge >= 0.3 is 0 Å². The summed E-state index contributed by atoms with van der Waals surface area (Å²) in [7, 11) is 3.22. The van der Waals surface area contributed by atoms with E-state index in [0.717, 1.165) is 22.4 Å². The van der Waals surface area contributed by atoms with Crippen LogP contribution in [0.25, 0.3) is 33.8 Å². The Labute approximate surface area is 219 Å². The lowest BCUT2D eigenvalue weighted by molar-refractivity contribution is 0.414. The first-order valence-corrected chi connectivity index (χ1v) is 11.7. The molecule has 0 unspecified atom stereocenters. The summed E-state index contributed by atoms with van der Waals surface area (Å²) in [4.78, 5) is 4.49. The normalized spacial score (nSPS) is 11.0. The highest BCUT2D eigenvalue weighted by Crippen LogP contribution is 2.43. The van der Waals surface area contributed by atoms with Crippen molar-refractivity contribution in [1.29, 1.82) is 5.26 Å². The van der Waals surface area contributed by atoms with E-state index in [-0.39, 0.29) is 5.88 Å². The first kappa shape index (κ1) is 24.0. The number of aliphatic imine (C=N–C) groups is 1. The van der Waals surface area contributed by atoms with E-state index >= 15 is 0 Å². The van der Waals surface area contributed by atoms with Crippen molar-refractivity contribution in [2.45, 2.75) is 0 Å². The van der Waals surface area contributed by atoms with Crippen LogP contribution in [0.5, 0.6) is 11.5 Å². The molecule has 0 aliphatic carbocycles. The van der Waals surface area contributed by atoms with E-state index in [4.69, 9.17) is 29.9 Å². The van der Waals surface area contributed by atoms with Crippen LogP contribution < -0.4 is 9.47 Å². The zero-order chi connectivity index (χ0) is 25.8. The molecule has 182 valence electrons. The third-order valence-corrected chi connectivity index (χ3v) is 6.05. The molecule has 2 heterocycles. The molecule has 3 aromatic carbocycles. The molecule has 0 fully saturated rings. The van der Waals surface area contributed by atoms with E-state index in [2.05, 4.69) is 11.1 Å². The van der Waals surface area contributed by atoms with Gasteiger partial charge in [0.05, 0.1) is 20.4 Å². The molecule has 0 spiro atoms. The lowest BCUT2D eigenvalue weighted by Crippen LogP contribution is -1.86. The van der Waals surface area contributed by atoms with Gasteiger partial charge in [0.15, 0.2) is 0 Å². The molecule has 2 aromatic heterocycles. The second kappa shape index (κ2) is 10.5. The number of hydrogen-bond donors (Lipinski definition) is 0. The van der Waals surface area contributed by atoms with Crippen LogP contribution in [-0.2, 0) is 0 Å². The minimum Gasteiger partial charge on any atom is -0.497 e. The summed E-state index contributed by atoms with van der Waals surface area (Å²) in [6.07, 6.45) is 1.54. The Kier molecular flexibility index (Phi) is 6.80. The topological polar surface area (TPSA) is 80.9 Å². The summed E-state index contributed by atoms with van der Waals surface area (Å²) < 4.78 is 22.7. The van der Waals surface area contributed by atoms with Gasteiger partial charge in [-0.2, -0.15) is 5.26 Å². The number of furan rings is 2. The highest BCUT2D eigenvalue weighted by Gasteiger charge is 2.23. The lowest BCUT2D eigenvalue weighted by Gasteiger charge is -2.06. The van der Waals surface area contributed by atoms with E-state index in [0.29, 0.717) is 39.2 Å². The Morgan fingerprint density at radius 1 is 0.757 bits per heavy atom. The number of benzene rings is 3. The molecule has 0 atom stereocenters. The van der Waals surface area contributed by atoms with Crippen molar-refractivity contribution in [3.05, 3.63) is 101 Å². The van der Waals surface area contributed by atoms with Gasteiger partial charge in [0.2, 0.25) is 5.88 Å². The van der Waals surface area contributed by atoms with Crippen LogP contribution in [0.3, 0.4) is 0 Å². The minimum atomic E-state index is 0.184. The molecule has 7 heteroatoms. The van der Waals surface area contributed by atoms with Gasteiger partial charge in [0.25, 0.3) is 0 Å². The van der Waals surface area contributed by atoms with Gasteiger partial charge in [-0.3, -0.25) is 0 Å². The van der Waals surface area contributed by atoms with Crippen molar-refractivity contribution in [2.24, 2.45) is 4.99 Å². The van der Waals surface area contributed by atoms with Gasteiger partial charge in [-0.1, -0.05) is 23.7 Å². The molecule has 0 amide bonds. The van der Waals surface area contributed by atoms with Gasteiger partial charge in [-0.05, 0) is 78.4 Å². The van der Waals surface area contributed by atoms with Crippen LogP contribution >= 0.6 is 11.6 Å². The van der Waals surface area contributed by atoms with E-state index in [1.165, 1.54) is 6.21 Å². The molecule has 5 aromatic rings. The van der Waals surface area contributed by atoms with Gasteiger partial charge in [0, 0.05) is 21.7 Å². The second-order valence-corrected chi connectivity index (χ2v) is 8.46. The Hall–Kier alpha value is -4.73. The quantitative estimate of drug-likeness (QED) is 0.207. The lowest BCUT2D eigenvalue weighted by atomic mass is 9.98. The predicted octanol–water partition coefficient (Wildman–Crippen LogP) is 8.17. The van der Waals surface area contributed by atoms with Crippen LogP contribution in [0.15, 0.2) is 98.8 Å². The number of hydrogen-bond acceptors (Lipinski definition) is 6. The van der Waals surface area contributed by atoms with E-state index in [1.54, 1.807) is 32.4 Å². The predicted molar refractivity (Wildman–Crippen MR) is 144 cm³/mol. The van der Waals surface area contributed by atoms with Crippen molar-refractivity contribution in [3.8, 4) is 51.3 Å². The Balaban J connectivity index is 1.56. The maximum absolute atomic E-state index is 10.1. The molecule has 37 heavy (non-hydrogen) atoms. The molecule has 0 aliphatic heterocycles. The van der Waals surface area contributed by atoms with Crippen molar-refractivity contribution < 1.29 is 18.3 Å². The molecular formula is C30H21ClN2O4. The molecule has 0 bridgehead atoms. The molecule has 5 rings (SSSR count). The van der Waals surface area contributed by atoms with Crippen LogP contribution in [0.4, 0.5) is 5.88 Å². The average molecular weight is 509 g/mol. The van der Waals surface area contributed by atoms with Gasteiger partial charge in [-0.25, -0.2) is 4.99 Å². The molecule has 0 aliphatic rings. The Morgan fingerprint density at radius 3 is 1.95 bits per heavy atom. The zero-order valence-corrected chi connectivity index (χ0v) is 20.8. The summed E-state index contributed by atoms with van der Waals surface area (Å²) in [5.41, 5.74) is 3.44. The summed E-state index contributed by atoms with van der Waals surface area (Å²) >= 11 is 5.98. The Morgan fingerprint density at radius 2 is 1.35 bits per heavy atom. The van der Waals surface area contributed by atoms with Gasteiger partial charge in [-0.15, -0.1) is 0 Å². The van der Waals surface area contributed by atoms with Crippen LogP contribution in [0, 0.1) is 11.3 Å². The Bertz CT molecular complexity index is 1590. The summed E-state index contributed by atoms with van der Waals surface area (Å²) in [5.74, 6) is 3.33. The number of methoxy groups -OCH3 is 2. The molecule has 6 nitrogen and oxygen atoms in total. The smallest absolute Gasteiger partial charge is 0.238 e. The van der Waals surface area contributed by atoms with E-state index < -0.39 is 0 Å². The summed E-state index contributed by atoms with van der Waals surface area (Å²) in [5, 5.41) is 10.8. The second-order valence-electron chi connectivity index (χ2n) is 8.02. The van der Waals surface area contributed by atoms with E-state index in [9.17, 15) is 5.26 Å². The number of nitrogens with zero attached hydrogens (tertiary/aromatic N) is 2. The third-order valence-electron chi connectivity index (χ3n) is 5.80. The van der Waals surface area contributed by atoms with Gasteiger partial charge in [0.1, 0.15) is 40.4 Å². The summed E-state index contributed by atoms with van der Waals surface area (Å²) in [6, 6.07) is 28.2. The van der Waals surface area contributed by atoms with Crippen molar-refractivity contribution in [2.75, 3.05) is 14.2 Å². The van der Waals surface area contributed by atoms with Crippen LogP contribution in [0.1, 0.15) is 11.3 Å². The fourth-order valence-electron chi connectivity index (χ4n) is 3.91. The number of nitriles is 1. The fourth-order valence-corrected chi connectivity index (χ4v) is 4.03. The zero-order valence-electron chi connectivity index (χ0n) is 20.1. The first-order chi connectivity index (χ1) is 18.1. The number of halogens is 1. The van der Waals surface area contributed by atoms with Crippen molar-refractivity contribution >= 4 is 23.7 Å². The molecule has 0 saturated heterocycles. The van der Waals surface area contributed by atoms with Crippen LogP contribution in [-0.4, -0.2) is 20.4 Å². The molecule has 0 radical (unpaired) electrons. The molecule has 0 N–H and O–H groups in total.